The molecule has 0 aliphatic heterocycles. The van der Waals surface area contributed by atoms with E-state index in [4.69, 9.17) is 0 Å². The Labute approximate surface area is 128 Å². The van der Waals surface area contributed by atoms with Crippen LogP contribution in [0.2, 0.25) is 0 Å². The number of unbranched alkanes of at least 4 members (excludes halogenated alkanes) is 6. The summed E-state index contributed by atoms with van der Waals surface area (Å²) in [5.41, 5.74) is 3.28. The van der Waals surface area contributed by atoms with Gasteiger partial charge in [0.15, 0.2) is 0 Å². The average molecular weight is 279 g/mol. The molecule has 0 saturated carbocycles. The Balaban J connectivity index is 4.13. The highest BCUT2D eigenvalue weighted by Gasteiger charge is 1.97. The van der Waals surface area contributed by atoms with Gasteiger partial charge in [0.25, 0.3) is 0 Å². The molecule has 0 unspecified atom stereocenters. The van der Waals surface area contributed by atoms with Crippen LogP contribution in [-0.2, 0) is 0 Å². The van der Waals surface area contributed by atoms with Crippen molar-refractivity contribution in [2.45, 2.75) is 105 Å². The van der Waals surface area contributed by atoms with Gasteiger partial charge in [-0.05, 0) is 38.5 Å². The van der Waals surface area contributed by atoms with Crippen LogP contribution in [0.25, 0.3) is 0 Å². The first-order valence-corrected chi connectivity index (χ1v) is 9.15. The second-order valence-electron chi connectivity index (χ2n) is 5.98. The number of hydrogen-bond acceptors (Lipinski definition) is 0. The van der Waals surface area contributed by atoms with Gasteiger partial charge < -0.3 is 0 Å². The standard InChI is InChI=1S/C20H38/c1-5-9-11-13-15-19(7-3)17-18-20(8-4)16-14-12-10-6-2/h17-18H,5-16H2,1-4H3. The van der Waals surface area contributed by atoms with Crippen LogP contribution in [0.15, 0.2) is 23.3 Å². The van der Waals surface area contributed by atoms with E-state index in [2.05, 4.69) is 39.8 Å². The van der Waals surface area contributed by atoms with Gasteiger partial charge in [-0.1, -0.05) is 89.5 Å². The summed E-state index contributed by atoms with van der Waals surface area (Å²) in [6, 6.07) is 0. The van der Waals surface area contributed by atoms with E-state index in [0.717, 1.165) is 0 Å². The molecular formula is C20H38. The van der Waals surface area contributed by atoms with Crippen LogP contribution >= 0.6 is 0 Å². The summed E-state index contributed by atoms with van der Waals surface area (Å²) >= 11 is 0. The monoisotopic (exact) mass is 278 g/mol. The normalized spacial score (nSPS) is 13.0. The van der Waals surface area contributed by atoms with Crippen molar-refractivity contribution in [3.05, 3.63) is 23.3 Å². The molecule has 0 fully saturated rings. The van der Waals surface area contributed by atoms with Crippen molar-refractivity contribution >= 4 is 0 Å². The molecule has 0 saturated heterocycles. The summed E-state index contributed by atoms with van der Waals surface area (Å²) < 4.78 is 0. The third-order valence-corrected chi connectivity index (χ3v) is 4.17. The molecule has 0 aromatic heterocycles. The molecule has 0 heterocycles. The van der Waals surface area contributed by atoms with Crippen LogP contribution < -0.4 is 0 Å². The first-order valence-electron chi connectivity index (χ1n) is 9.15. The molecular weight excluding hydrogens is 240 g/mol. The number of hydrogen-bond donors (Lipinski definition) is 0. The van der Waals surface area contributed by atoms with Crippen molar-refractivity contribution in [3.63, 3.8) is 0 Å². The van der Waals surface area contributed by atoms with Crippen molar-refractivity contribution in [1.29, 1.82) is 0 Å². The first kappa shape index (κ1) is 19.5. The predicted molar refractivity (Wildman–Crippen MR) is 94.3 cm³/mol. The highest BCUT2D eigenvalue weighted by atomic mass is 14.0. The van der Waals surface area contributed by atoms with Gasteiger partial charge in [-0.15, -0.1) is 0 Å². The molecule has 118 valence electrons. The lowest BCUT2D eigenvalue weighted by Crippen LogP contribution is -1.86. The number of allylic oxidation sites excluding steroid dienone is 4. The molecule has 0 rings (SSSR count). The molecule has 20 heavy (non-hydrogen) atoms. The maximum absolute atomic E-state index is 2.42. The molecule has 0 nitrogen and oxygen atoms in total. The molecule has 0 amide bonds. The van der Waals surface area contributed by atoms with Gasteiger partial charge in [-0.25, -0.2) is 0 Å². The summed E-state index contributed by atoms with van der Waals surface area (Å²) in [5.74, 6) is 0. The minimum Gasteiger partial charge on any atom is -0.0705 e. The molecule has 0 spiro atoms. The maximum atomic E-state index is 2.42. The molecule has 0 radical (unpaired) electrons. The third-order valence-electron chi connectivity index (χ3n) is 4.17. The van der Waals surface area contributed by atoms with Crippen LogP contribution in [0, 0.1) is 0 Å². The van der Waals surface area contributed by atoms with Crippen molar-refractivity contribution in [2.75, 3.05) is 0 Å². The van der Waals surface area contributed by atoms with Gasteiger partial charge in [-0.2, -0.15) is 0 Å². The van der Waals surface area contributed by atoms with Gasteiger partial charge in [-0.3, -0.25) is 0 Å². The van der Waals surface area contributed by atoms with E-state index in [9.17, 15) is 0 Å². The van der Waals surface area contributed by atoms with Crippen LogP contribution in [0.1, 0.15) is 105 Å². The first-order chi connectivity index (χ1) is 9.78. The summed E-state index contributed by atoms with van der Waals surface area (Å²) in [7, 11) is 0. The molecule has 0 aliphatic rings. The van der Waals surface area contributed by atoms with E-state index < -0.39 is 0 Å². The Hall–Kier alpha value is -0.520. The van der Waals surface area contributed by atoms with Gasteiger partial charge in [0.05, 0.1) is 0 Å². The van der Waals surface area contributed by atoms with Crippen LogP contribution in [0.5, 0.6) is 0 Å². The zero-order valence-corrected chi connectivity index (χ0v) is 14.6. The smallest absolute Gasteiger partial charge is 0.0317 e. The van der Waals surface area contributed by atoms with Crippen LogP contribution in [0.3, 0.4) is 0 Å². The second-order valence-corrected chi connectivity index (χ2v) is 5.98. The lowest BCUT2D eigenvalue weighted by molar-refractivity contribution is 0.655. The van der Waals surface area contributed by atoms with Gasteiger partial charge in [0.1, 0.15) is 0 Å². The zero-order valence-electron chi connectivity index (χ0n) is 14.6. The minimum absolute atomic E-state index is 1.22. The Morgan fingerprint density at radius 2 is 0.950 bits per heavy atom. The van der Waals surface area contributed by atoms with Crippen molar-refractivity contribution < 1.29 is 0 Å². The van der Waals surface area contributed by atoms with Crippen molar-refractivity contribution in [3.8, 4) is 0 Å². The van der Waals surface area contributed by atoms with E-state index >= 15 is 0 Å². The summed E-state index contributed by atoms with van der Waals surface area (Å²) in [4.78, 5) is 0. The van der Waals surface area contributed by atoms with Crippen LogP contribution in [-0.4, -0.2) is 0 Å². The lowest BCUT2D eigenvalue weighted by atomic mass is 10.0. The van der Waals surface area contributed by atoms with E-state index in [-0.39, 0.29) is 0 Å². The van der Waals surface area contributed by atoms with E-state index in [1.165, 1.54) is 77.0 Å². The van der Waals surface area contributed by atoms with Gasteiger partial charge in [0, 0.05) is 0 Å². The molecule has 0 aliphatic carbocycles. The predicted octanol–water partition coefficient (Wildman–Crippen LogP) is 7.60. The fourth-order valence-electron chi connectivity index (χ4n) is 2.55. The largest absolute Gasteiger partial charge is 0.0705 e. The molecule has 0 heteroatoms. The fourth-order valence-corrected chi connectivity index (χ4v) is 2.55. The molecule has 0 bridgehead atoms. The van der Waals surface area contributed by atoms with E-state index in [1.807, 2.05) is 0 Å². The van der Waals surface area contributed by atoms with E-state index in [0.29, 0.717) is 0 Å². The highest BCUT2D eigenvalue weighted by molar-refractivity contribution is 5.17. The van der Waals surface area contributed by atoms with Crippen molar-refractivity contribution in [2.24, 2.45) is 0 Å². The summed E-state index contributed by atoms with van der Waals surface area (Å²) in [5, 5.41) is 0. The molecule has 0 aromatic rings. The molecule has 0 aromatic carbocycles. The van der Waals surface area contributed by atoms with Gasteiger partial charge in [0.2, 0.25) is 0 Å². The SMILES string of the molecule is CCCCCCC(=CC=C(CC)CCCCCC)CC. The van der Waals surface area contributed by atoms with Gasteiger partial charge >= 0.3 is 0 Å². The number of rotatable bonds is 13. The molecule has 0 N–H and O–H groups in total. The fraction of sp³-hybridized carbons (Fsp3) is 0.800. The lowest BCUT2D eigenvalue weighted by Gasteiger charge is -2.06. The average Bonchev–Trinajstić information content (AvgIpc) is 2.48. The summed E-state index contributed by atoms with van der Waals surface area (Å²) in [6.45, 7) is 9.16. The summed E-state index contributed by atoms with van der Waals surface area (Å²) in [6.07, 6.45) is 20.9. The Morgan fingerprint density at radius 1 is 0.550 bits per heavy atom. The Bertz CT molecular complexity index is 229. The quantitative estimate of drug-likeness (QED) is 0.240. The highest BCUT2D eigenvalue weighted by Crippen LogP contribution is 2.17. The Morgan fingerprint density at radius 3 is 1.25 bits per heavy atom. The topological polar surface area (TPSA) is 0 Å². The third kappa shape index (κ3) is 11.3. The second kappa shape index (κ2) is 14.9. The maximum Gasteiger partial charge on any atom is -0.0317 e. The van der Waals surface area contributed by atoms with E-state index in [1.54, 1.807) is 11.1 Å². The minimum atomic E-state index is 1.22. The van der Waals surface area contributed by atoms with Crippen molar-refractivity contribution in [1.82, 2.24) is 0 Å². The molecule has 0 atom stereocenters. The Kier molecular flexibility index (Phi) is 14.5. The van der Waals surface area contributed by atoms with Crippen LogP contribution in [0.4, 0.5) is 0 Å². The zero-order chi connectivity index (χ0) is 15.1.